The second kappa shape index (κ2) is 6.22. The van der Waals surface area contributed by atoms with Crippen molar-refractivity contribution in [3.05, 3.63) is 33.8 Å². The second-order valence-electron chi connectivity index (χ2n) is 3.94. The first-order valence-corrected chi connectivity index (χ1v) is 6.20. The highest BCUT2D eigenvalue weighted by atomic mass is 79.9. The van der Waals surface area contributed by atoms with Gasteiger partial charge in [-0.3, -0.25) is 4.79 Å². The van der Waals surface area contributed by atoms with Crippen molar-refractivity contribution < 1.29 is 18.0 Å². The van der Waals surface area contributed by atoms with Gasteiger partial charge in [-0.2, -0.15) is 13.2 Å². The van der Waals surface area contributed by atoms with E-state index in [1.54, 1.807) is 18.2 Å². The average molecular weight is 324 g/mol. The molecule has 0 saturated heterocycles. The molecule has 6 heteroatoms. The van der Waals surface area contributed by atoms with Crippen LogP contribution in [0.1, 0.15) is 28.8 Å². The Morgan fingerprint density at radius 2 is 2.06 bits per heavy atom. The molecule has 1 aromatic rings. The SMILES string of the molecule is Cc1ccc(C(=O)NCCCC(F)(F)F)cc1Br. The second-order valence-corrected chi connectivity index (χ2v) is 4.79. The Labute approximate surface area is 112 Å². The molecule has 1 rings (SSSR count). The van der Waals surface area contributed by atoms with Gasteiger partial charge in [0.15, 0.2) is 0 Å². The maximum absolute atomic E-state index is 11.9. The lowest BCUT2D eigenvalue weighted by atomic mass is 10.1. The molecule has 0 saturated carbocycles. The predicted molar refractivity (Wildman–Crippen MR) is 66.5 cm³/mol. The zero-order valence-electron chi connectivity index (χ0n) is 9.77. The molecule has 0 radical (unpaired) electrons. The molecular formula is C12H13BrF3NO. The molecule has 18 heavy (non-hydrogen) atoms. The summed E-state index contributed by atoms with van der Waals surface area (Å²) in [4.78, 5) is 11.6. The Kier molecular flexibility index (Phi) is 5.19. The highest BCUT2D eigenvalue weighted by molar-refractivity contribution is 9.10. The van der Waals surface area contributed by atoms with Gasteiger partial charge >= 0.3 is 6.18 Å². The number of halogens is 4. The van der Waals surface area contributed by atoms with Crippen molar-refractivity contribution in [2.75, 3.05) is 6.54 Å². The van der Waals surface area contributed by atoms with E-state index in [1.165, 1.54) is 0 Å². The number of alkyl halides is 3. The minimum atomic E-state index is -4.17. The number of benzene rings is 1. The maximum atomic E-state index is 11.9. The average Bonchev–Trinajstić information content (AvgIpc) is 2.26. The van der Waals surface area contributed by atoms with Gasteiger partial charge in [-0.05, 0) is 31.0 Å². The van der Waals surface area contributed by atoms with Crippen molar-refractivity contribution in [2.24, 2.45) is 0 Å². The summed E-state index contributed by atoms with van der Waals surface area (Å²) < 4.78 is 36.4. The van der Waals surface area contributed by atoms with Crippen LogP contribution in [0.5, 0.6) is 0 Å². The van der Waals surface area contributed by atoms with Crippen LogP contribution in [0.4, 0.5) is 13.2 Å². The van der Waals surface area contributed by atoms with Gasteiger partial charge in [-0.15, -0.1) is 0 Å². The number of rotatable bonds is 4. The van der Waals surface area contributed by atoms with E-state index in [2.05, 4.69) is 21.2 Å². The minimum absolute atomic E-state index is 0.0177. The van der Waals surface area contributed by atoms with E-state index >= 15 is 0 Å². The van der Waals surface area contributed by atoms with E-state index in [-0.39, 0.29) is 18.9 Å². The van der Waals surface area contributed by atoms with E-state index in [9.17, 15) is 18.0 Å². The number of amides is 1. The summed E-state index contributed by atoms with van der Waals surface area (Å²) in [5, 5.41) is 2.46. The van der Waals surface area contributed by atoms with Crippen LogP contribution >= 0.6 is 15.9 Å². The molecule has 0 atom stereocenters. The zero-order chi connectivity index (χ0) is 13.8. The van der Waals surface area contributed by atoms with Gasteiger partial charge in [-0.25, -0.2) is 0 Å². The Bertz CT molecular complexity index is 432. The Morgan fingerprint density at radius 1 is 1.39 bits per heavy atom. The Morgan fingerprint density at radius 3 is 2.61 bits per heavy atom. The van der Waals surface area contributed by atoms with Crippen molar-refractivity contribution in [3.8, 4) is 0 Å². The smallest absolute Gasteiger partial charge is 0.352 e. The standard InChI is InChI=1S/C12H13BrF3NO/c1-8-3-4-9(7-10(8)13)11(18)17-6-2-5-12(14,15)16/h3-4,7H,2,5-6H2,1H3,(H,17,18). The molecule has 1 aromatic carbocycles. The molecule has 0 spiro atoms. The number of nitrogens with one attached hydrogen (secondary N) is 1. The quantitative estimate of drug-likeness (QED) is 0.838. The van der Waals surface area contributed by atoms with Gasteiger partial charge in [0.25, 0.3) is 5.91 Å². The van der Waals surface area contributed by atoms with Crippen molar-refractivity contribution >= 4 is 21.8 Å². The van der Waals surface area contributed by atoms with Crippen LogP contribution in [-0.4, -0.2) is 18.6 Å². The van der Waals surface area contributed by atoms with E-state index in [0.29, 0.717) is 5.56 Å². The third-order valence-electron chi connectivity index (χ3n) is 2.36. The van der Waals surface area contributed by atoms with Crippen molar-refractivity contribution in [3.63, 3.8) is 0 Å². The third-order valence-corrected chi connectivity index (χ3v) is 3.21. The number of carbonyl (C=O) groups is 1. The number of hydrogen-bond acceptors (Lipinski definition) is 1. The molecule has 0 heterocycles. The van der Waals surface area contributed by atoms with Gasteiger partial charge in [0.1, 0.15) is 0 Å². The van der Waals surface area contributed by atoms with Gasteiger partial charge in [-0.1, -0.05) is 22.0 Å². The molecule has 0 aliphatic rings. The molecule has 0 aromatic heterocycles. The molecule has 0 bridgehead atoms. The van der Waals surface area contributed by atoms with Crippen molar-refractivity contribution in [2.45, 2.75) is 25.9 Å². The third kappa shape index (κ3) is 5.08. The fraction of sp³-hybridized carbons (Fsp3) is 0.417. The first-order chi connectivity index (χ1) is 8.29. The highest BCUT2D eigenvalue weighted by Crippen LogP contribution is 2.21. The van der Waals surface area contributed by atoms with Crippen molar-refractivity contribution in [1.82, 2.24) is 5.32 Å². The predicted octanol–water partition coefficient (Wildman–Crippen LogP) is 3.83. The topological polar surface area (TPSA) is 29.1 Å². The molecular weight excluding hydrogens is 311 g/mol. The molecule has 2 nitrogen and oxygen atoms in total. The summed E-state index contributed by atoms with van der Waals surface area (Å²) in [5.41, 5.74) is 1.42. The molecule has 0 unspecified atom stereocenters. The summed E-state index contributed by atoms with van der Waals surface area (Å²) in [7, 11) is 0. The van der Waals surface area contributed by atoms with E-state index in [1.807, 2.05) is 6.92 Å². The lowest BCUT2D eigenvalue weighted by Crippen LogP contribution is -2.25. The van der Waals surface area contributed by atoms with Gasteiger partial charge in [0, 0.05) is 23.0 Å². The largest absolute Gasteiger partial charge is 0.389 e. The molecule has 0 aliphatic heterocycles. The van der Waals surface area contributed by atoms with Crippen LogP contribution in [0.25, 0.3) is 0 Å². The fourth-order valence-corrected chi connectivity index (χ4v) is 1.71. The van der Waals surface area contributed by atoms with Gasteiger partial charge in [0.05, 0.1) is 0 Å². The summed E-state index contributed by atoms with van der Waals surface area (Å²) >= 11 is 3.29. The molecule has 1 amide bonds. The van der Waals surface area contributed by atoms with Crippen LogP contribution in [0, 0.1) is 6.92 Å². The van der Waals surface area contributed by atoms with E-state index in [4.69, 9.17) is 0 Å². The Balaban J connectivity index is 2.43. The summed E-state index contributed by atoms with van der Waals surface area (Å²) in [6, 6.07) is 5.06. The molecule has 0 aliphatic carbocycles. The normalized spacial score (nSPS) is 11.4. The first-order valence-electron chi connectivity index (χ1n) is 5.41. The molecule has 1 N–H and O–H groups in total. The summed E-state index contributed by atoms with van der Waals surface area (Å²) in [6.45, 7) is 1.90. The first kappa shape index (κ1) is 15.0. The lowest BCUT2D eigenvalue weighted by molar-refractivity contribution is -0.135. The van der Waals surface area contributed by atoms with Gasteiger partial charge < -0.3 is 5.32 Å². The van der Waals surface area contributed by atoms with Crippen LogP contribution in [0.15, 0.2) is 22.7 Å². The van der Waals surface area contributed by atoms with Crippen molar-refractivity contribution in [1.29, 1.82) is 0 Å². The lowest BCUT2D eigenvalue weighted by Gasteiger charge is -2.08. The van der Waals surface area contributed by atoms with E-state index < -0.39 is 12.6 Å². The summed E-state index contributed by atoms with van der Waals surface area (Å²) in [6.07, 6.45) is -5.16. The molecule has 100 valence electrons. The van der Waals surface area contributed by atoms with Crippen LogP contribution in [-0.2, 0) is 0 Å². The molecule has 0 fully saturated rings. The fourth-order valence-electron chi connectivity index (χ4n) is 1.33. The minimum Gasteiger partial charge on any atom is -0.352 e. The van der Waals surface area contributed by atoms with E-state index in [0.717, 1.165) is 10.0 Å². The zero-order valence-corrected chi connectivity index (χ0v) is 11.4. The van der Waals surface area contributed by atoms with Crippen LogP contribution in [0.3, 0.4) is 0 Å². The number of hydrogen-bond donors (Lipinski definition) is 1. The number of carbonyl (C=O) groups excluding carboxylic acids is 1. The van der Waals surface area contributed by atoms with Gasteiger partial charge in [0.2, 0.25) is 0 Å². The Hall–Kier alpha value is -1.04. The van der Waals surface area contributed by atoms with Crippen LogP contribution in [0.2, 0.25) is 0 Å². The highest BCUT2D eigenvalue weighted by Gasteiger charge is 2.25. The summed E-state index contributed by atoms with van der Waals surface area (Å²) in [5.74, 6) is -0.363. The maximum Gasteiger partial charge on any atom is 0.389 e. The van der Waals surface area contributed by atoms with Crippen LogP contribution < -0.4 is 5.32 Å². The number of aryl methyl sites for hydroxylation is 1. The monoisotopic (exact) mass is 323 g/mol.